The van der Waals surface area contributed by atoms with Gasteiger partial charge < -0.3 is 10.1 Å². The first-order valence-corrected chi connectivity index (χ1v) is 9.69. The largest absolute Gasteiger partial charge is 0.457 e. The summed E-state index contributed by atoms with van der Waals surface area (Å²) in [5.41, 5.74) is 0.440. The predicted octanol–water partition coefficient (Wildman–Crippen LogP) is 2.79. The standard InChI is InChI=1S/C18H19NO4S/c20-18(19-14-10-12-24(21,22)13-11-14)16-8-4-5-9-17(16)23-15-6-2-1-3-7-15/h1-9,14H,10-13H2,(H,19,20). The van der Waals surface area contributed by atoms with Crippen molar-refractivity contribution in [2.75, 3.05) is 11.5 Å². The van der Waals surface area contributed by atoms with E-state index < -0.39 is 9.84 Å². The summed E-state index contributed by atoms with van der Waals surface area (Å²) < 4.78 is 28.7. The highest BCUT2D eigenvalue weighted by atomic mass is 32.2. The van der Waals surface area contributed by atoms with Crippen molar-refractivity contribution in [2.24, 2.45) is 0 Å². The Balaban J connectivity index is 1.71. The summed E-state index contributed by atoms with van der Waals surface area (Å²) in [6, 6.07) is 16.2. The lowest BCUT2D eigenvalue weighted by Gasteiger charge is -2.23. The lowest BCUT2D eigenvalue weighted by atomic mass is 10.1. The van der Waals surface area contributed by atoms with Gasteiger partial charge in [0.25, 0.3) is 5.91 Å². The van der Waals surface area contributed by atoms with E-state index in [1.165, 1.54) is 0 Å². The van der Waals surface area contributed by atoms with E-state index in [0.717, 1.165) is 0 Å². The minimum Gasteiger partial charge on any atom is -0.457 e. The number of ether oxygens (including phenoxy) is 1. The monoisotopic (exact) mass is 345 g/mol. The van der Waals surface area contributed by atoms with Gasteiger partial charge in [0.1, 0.15) is 21.3 Å². The van der Waals surface area contributed by atoms with Crippen LogP contribution in [0.3, 0.4) is 0 Å². The minimum atomic E-state index is -2.94. The molecule has 2 aromatic carbocycles. The number of rotatable bonds is 4. The molecule has 2 aromatic rings. The maximum absolute atomic E-state index is 12.5. The minimum absolute atomic E-state index is 0.120. The van der Waals surface area contributed by atoms with Crippen LogP contribution in [-0.4, -0.2) is 31.9 Å². The van der Waals surface area contributed by atoms with Gasteiger partial charge in [0.15, 0.2) is 0 Å². The van der Waals surface area contributed by atoms with Crippen LogP contribution in [0.2, 0.25) is 0 Å². The zero-order valence-electron chi connectivity index (χ0n) is 13.1. The SMILES string of the molecule is O=C(NC1CCS(=O)(=O)CC1)c1ccccc1Oc1ccccc1. The fourth-order valence-electron chi connectivity index (χ4n) is 2.66. The number of para-hydroxylation sites is 2. The van der Waals surface area contributed by atoms with Crippen molar-refractivity contribution in [3.63, 3.8) is 0 Å². The zero-order valence-corrected chi connectivity index (χ0v) is 14.0. The Hall–Kier alpha value is -2.34. The van der Waals surface area contributed by atoms with E-state index in [9.17, 15) is 13.2 Å². The Labute approximate surface area is 141 Å². The third-order valence-electron chi connectivity index (χ3n) is 3.99. The van der Waals surface area contributed by atoms with Crippen LogP contribution in [0.1, 0.15) is 23.2 Å². The third-order valence-corrected chi connectivity index (χ3v) is 5.71. The maximum atomic E-state index is 12.5. The van der Waals surface area contributed by atoms with E-state index in [2.05, 4.69) is 5.32 Å². The van der Waals surface area contributed by atoms with Crippen LogP contribution in [0.5, 0.6) is 11.5 Å². The molecule has 0 radical (unpaired) electrons. The van der Waals surface area contributed by atoms with Crippen molar-refractivity contribution >= 4 is 15.7 Å². The van der Waals surface area contributed by atoms with Crippen LogP contribution in [0.25, 0.3) is 0 Å². The molecule has 1 amide bonds. The molecule has 1 aliphatic rings. The normalized spacial score (nSPS) is 17.2. The second-order valence-corrected chi connectivity index (χ2v) is 8.11. The molecule has 126 valence electrons. The molecule has 1 saturated heterocycles. The van der Waals surface area contributed by atoms with Gasteiger partial charge in [-0.2, -0.15) is 0 Å². The van der Waals surface area contributed by atoms with Crippen molar-refractivity contribution in [3.8, 4) is 11.5 Å². The van der Waals surface area contributed by atoms with Crippen LogP contribution in [0, 0.1) is 0 Å². The van der Waals surface area contributed by atoms with E-state index in [0.29, 0.717) is 29.9 Å². The Morgan fingerprint density at radius 1 is 0.958 bits per heavy atom. The number of hydrogen-bond acceptors (Lipinski definition) is 4. The first kappa shape index (κ1) is 16.5. The van der Waals surface area contributed by atoms with Gasteiger partial charge in [-0.1, -0.05) is 30.3 Å². The molecule has 0 aromatic heterocycles. The highest BCUT2D eigenvalue weighted by Gasteiger charge is 2.25. The van der Waals surface area contributed by atoms with Gasteiger partial charge in [-0.05, 0) is 37.1 Å². The molecule has 0 bridgehead atoms. The average molecular weight is 345 g/mol. The maximum Gasteiger partial charge on any atom is 0.255 e. The molecule has 24 heavy (non-hydrogen) atoms. The lowest BCUT2D eigenvalue weighted by molar-refractivity contribution is 0.0932. The molecule has 0 aliphatic carbocycles. The molecule has 1 aliphatic heterocycles. The number of amides is 1. The summed E-state index contributed by atoms with van der Waals surface area (Å²) in [4.78, 5) is 12.5. The van der Waals surface area contributed by atoms with Gasteiger partial charge in [0.05, 0.1) is 17.1 Å². The second-order valence-electron chi connectivity index (χ2n) is 5.81. The molecular weight excluding hydrogens is 326 g/mol. The summed E-state index contributed by atoms with van der Waals surface area (Å²) in [5, 5.41) is 2.92. The summed E-state index contributed by atoms with van der Waals surface area (Å²) >= 11 is 0. The molecule has 5 nitrogen and oxygen atoms in total. The van der Waals surface area contributed by atoms with Gasteiger partial charge in [-0.15, -0.1) is 0 Å². The lowest BCUT2D eigenvalue weighted by Crippen LogP contribution is -2.40. The van der Waals surface area contributed by atoms with Crippen LogP contribution >= 0.6 is 0 Å². The molecule has 6 heteroatoms. The number of nitrogens with one attached hydrogen (secondary N) is 1. The first-order valence-electron chi connectivity index (χ1n) is 7.87. The van der Waals surface area contributed by atoms with E-state index in [4.69, 9.17) is 4.74 Å². The van der Waals surface area contributed by atoms with Gasteiger partial charge in [0.2, 0.25) is 0 Å². The quantitative estimate of drug-likeness (QED) is 0.925. The number of benzene rings is 2. The van der Waals surface area contributed by atoms with Gasteiger partial charge in [0, 0.05) is 6.04 Å². The highest BCUT2D eigenvalue weighted by Crippen LogP contribution is 2.25. The summed E-state index contributed by atoms with van der Waals surface area (Å²) in [6.07, 6.45) is 0.908. The average Bonchev–Trinajstić information content (AvgIpc) is 2.58. The fraction of sp³-hybridized carbons (Fsp3) is 0.278. The molecule has 0 spiro atoms. The number of hydrogen-bond donors (Lipinski definition) is 1. The van der Waals surface area contributed by atoms with E-state index in [1.807, 2.05) is 36.4 Å². The topological polar surface area (TPSA) is 72.5 Å². The van der Waals surface area contributed by atoms with Crippen molar-refractivity contribution in [3.05, 3.63) is 60.2 Å². The molecule has 1 N–H and O–H groups in total. The van der Waals surface area contributed by atoms with Crippen molar-refractivity contribution in [2.45, 2.75) is 18.9 Å². The summed E-state index contributed by atoms with van der Waals surface area (Å²) in [6.45, 7) is 0. The van der Waals surface area contributed by atoms with E-state index >= 15 is 0 Å². The molecule has 3 rings (SSSR count). The van der Waals surface area contributed by atoms with E-state index in [-0.39, 0.29) is 23.5 Å². The molecule has 0 saturated carbocycles. The zero-order chi connectivity index (χ0) is 17.0. The Morgan fingerprint density at radius 2 is 1.58 bits per heavy atom. The smallest absolute Gasteiger partial charge is 0.255 e. The summed E-state index contributed by atoms with van der Waals surface area (Å²) in [5.74, 6) is 1.14. The molecule has 0 atom stereocenters. The first-order chi connectivity index (χ1) is 11.5. The third kappa shape index (κ3) is 4.14. The van der Waals surface area contributed by atoms with Crippen molar-refractivity contribution in [1.82, 2.24) is 5.32 Å². The second kappa shape index (κ2) is 7.05. The number of sulfone groups is 1. The molecule has 1 fully saturated rings. The van der Waals surface area contributed by atoms with Crippen LogP contribution in [-0.2, 0) is 9.84 Å². The molecular formula is C18H19NO4S. The van der Waals surface area contributed by atoms with Crippen molar-refractivity contribution in [1.29, 1.82) is 0 Å². The van der Waals surface area contributed by atoms with Gasteiger partial charge in [-0.3, -0.25) is 4.79 Å². The van der Waals surface area contributed by atoms with E-state index in [1.54, 1.807) is 18.2 Å². The number of carbonyl (C=O) groups is 1. The number of carbonyl (C=O) groups excluding carboxylic acids is 1. The van der Waals surface area contributed by atoms with Crippen LogP contribution < -0.4 is 10.1 Å². The highest BCUT2D eigenvalue weighted by molar-refractivity contribution is 7.91. The molecule has 0 unspecified atom stereocenters. The predicted molar refractivity (Wildman–Crippen MR) is 92.1 cm³/mol. The van der Waals surface area contributed by atoms with Crippen LogP contribution in [0.4, 0.5) is 0 Å². The molecule has 1 heterocycles. The Kier molecular flexibility index (Phi) is 4.85. The Bertz CT molecular complexity index is 804. The Morgan fingerprint density at radius 3 is 2.29 bits per heavy atom. The van der Waals surface area contributed by atoms with Crippen molar-refractivity contribution < 1.29 is 17.9 Å². The summed E-state index contributed by atoms with van der Waals surface area (Å²) in [7, 11) is -2.94. The van der Waals surface area contributed by atoms with Gasteiger partial charge in [-0.25, -0.2) is 8.42 Å². The van der Waals surface area contributed by atoms with Crippen LogP contribution in [0.15, 0.2) is 54.6 Å². The van der Waals surface area contributed by atoms with Gasteiger partial charge >= 0.3 is 0 Å². The fourth-order valence-corrected chi connectivity index (χ4v) is 4.15.